The molecule has 0 saturated carbocycles. The Bertz CT molecular complexity index is 772. The van der Waals surface area contributed by atoms with Gasteiger partial charge < -0.3 is 9.47 Å². The van der Waals surface area contributed by atoms with Crippen LogP contribution in [0.15, 0.2) is 42.5 Å². The van der Waals surface area contributed by atoms with Crippen LogP contribution in [0.3, 0.4) is 0 Å². The summed E-state index contributed by atoms with van der Waals surface area (Å²) in [4.78, 5) is 2.57. The molecular weight excluding hydrogens is 298 g/mol. The first kappa shape index (κ1) is 14.6. The van der Waals surface area contributed by atoms with Gasteiger partial charge in [0.05, 0.1) is 25.4 Å². The fraction of sp³-hybridized carbons (Fsp3) is 0.429. The van der Waals surface area contributed by atoms with Crippen molar-refractivity contribution in [2.45, 2.75) is 31.1 Å². The van der Waals surface area contributed by atoms with Crippen molar-refractivity contribution in [1.82, 2.24) is 4.90 Å². The zero-order valence-corrected chi connectivity index (χ0v) is 14.0. The number of rotatable bonds is 6. The molecule has 4 unspecified atom stereocenters. The maximum absolute atomic E-state index is 5.49. The van der Waals surface area contributed by atoms with Crippen molar-refractivity contribution in [3.05, 3.63) is 53.6 Å². The Balaban J connectivity index is 1.49. The van der Waals surface area contributed by atoms with Crippen LogP contribution in [0.5, 0.6) is 0 Å². The average Bonchev–Trinajstić information content (AvgIpc) is 3.51. The molecule has 0 spiro atoms. The number of epoxide rings is 2. The van der Waals surface area contributed by atoms with Crippen LogP contribution in [-0.2, 0) is 9.47 Å². The smallest absolute Gasteiger partial charge is 0.0936 e. The van der Waals surface area contributed by atoms with Crippen molar-refractivity contribution >= 4 is 16.8 Å². The van der Waals surface area contributed by atoms with E-state index in [1.165, 1.54) is 21.9 Å². The highest BCUT2D eigenvalue weighted by atomic mass is 16.6. The number of hydrogen-bond donors (Lipinski definition) is 0. The topological polar surface area (TPSA) is 28.3 Å². The molecule has 124 valence electrons. The molecule has 0 N–H and O–H groups in total. The van der Waals surface area contributed by atoms with Crippen LogP contribution in [0.1, 0.15) is 24.0 Å². The van der Waals surface area contributed by atoms with Crippen molar-refractivity contribution < 1.29 is 9.47 Å². The summed E-state index contributed by atoms with van der Waals surface area (Å²) in [6.07, 6.45) is 5.52. The summed E-state index contributed by atoms with van der Waals surface area (Å²) in [7, 11) is 0. The molecule has 1 aliphatic carbocycles. The van der Waals surface area contributed by atoms with Gasteiger partial charge in [-0.2, -0.15) is 0 Å². The van der Waals surface area contributed by atoms with Gasteiger partial charge in [-0.05, 0) is 28.8 Å². The fourth-order valence-electron chi connectivity index (χ4n) is 4.05. The first-order valence-corrected chi connectivity index (χ1v) is 8.97. The molecular formula is C21H23NO2. The molecule has 0 amide bonds. The number of benzene rings is 2. The van der Waals surface area contributed by atoms with E-state index in [0.717, 1.165) is 26.3 Å². The summed E-state index contributed by atoms with van der Waals surface area (Å²) in [5, 5.41) is 2.76. The van der Waals surface area contributed by atoms with Crippen molar-refractivity contribution in [2.75, 3.05) is 26.3 Å². The number of nitrogens with zero attached hydrogens (tertiary/aromatic N) is 1. The van der Waals surface area contributed by atoms with Gasteiger partial charge in [-0.3, -0.25) is 4.90 Å². The first-order valence-electron chi connectivity index (χ1n) is 8.97. The average molecular weight is 321 g/mol. The molecule has 4 atom stereocenters. The Morgan fingerprint density at radius 3 is 2.38 bits per heavy atom. The van der Waals surface area contributed by atoms with E-state index in [1.807, 2.05) is 0 Å². The first-order chi connectivity index (χ1) is 11.8. The van der Waals surface area contributed by atoms with Crippen LogP contribution in [0.4, 0.5) is 0 Å². The van der Waals surface area contributed by atoms with E-state index in [2.05, 4.69) is 60.4 Å². The second-order valence-electron chi connectivity index (χ2n) is 7.28. The lowest BCUT2D eigenvalue weighted by molar-refractivity contribution is 0.163. The molecule has 2 fully saturated rings. The van der Waals surface area contributed by atoms with Gasteiger partial charge >= 0.3 is 0 Å². The highest BCUT2D eigenvalue weighted by Crippen LogP contribution is 2.38. The Labute approximate surface area is 142 Å². The molecule has 2 saturated heterocycles. The predicted molar refractivity (Wildman–Crippen MR) is 96.2 cm³/mol. The van der Waals surface area contributed by atoms with Crippen LogP contribution in [-0.4, -0.2) is 49.5 Å². The minimum atomic E-state index is 0.418. The second kappa shape index (κ2) is 5.69. The van der Waals surface area contributed by atoms with Crippen molar-refractivity contribution in [2.24, 2.45) is 0 Å². The highest BCUT2D eigenvalue weighted by molar-refractivity contribution is 5.95. The normalized spacial score (nSPS) is 28.3. The van der Waals surface area contributed by atoms with Crippen LogP contribution in [0, 0.1) is 0 Å². The van der Waals surface area contributed by atoms with Crippen molar-refractivity contribution in [3.8, 4) is 0 Å². The van der Waals surface area contributed by atoms with Crippen molar-refractivity contribution in [3.63, 3.8) is 0 Å². The third-order valence-corrected chi connectivity index (χ3v) is 5.59. The summed E-state index contributed by atoms with van der Waals surface area (Å²) in [5.41, 5.74) is 2.80. The molecule has 0 aromatic heterocycles. The highest BCUT2D eigenvalue weighted by Gasteiger charge is 2.35. The zero-order valence-electron chi connectivity index (χ0n) is 14.0. The predicted octanol–water partition coefficient (Wildman–Crippen LogP) is 3.44. The Morgan fingerprint density at radius 2 is 1.71 bits per heavy atom. The molecule has 3 nitrogen and oxygen atoms in total. The molecule has 3 aliphatic rings. The van der Waals surface area contributed by atoms with E-state index in [9.17, 15) is 0 Å². The van der Waals surface area contributed by atoms with Crippen LogP contribution >= 0.6 is 0 Å². The van der Waals surface area contributed by atoms with Crippen LogP contribution in [0.25, 0.3) is 16.8 Å². The van der Waals surface area contributed by atoms with E-state index in [4.69, 9.17) is 9.47 Å². The van der Waals surface area contributed by atoms with E-state index >= 15 is 0 Å². The van der Waals surface area contributed by atoms with Crippen molar-refractivity contribution in [1.29, 1.82) is 0 Å². The zero-order chi connectivity index (χ0) is 16.1. The summed E-state index contributed by atoms with van der Waals surface area (Å²) in [6, 6.07) is 13.7. The third kappa shape index (κ3) is 2.67. The van der Waals surface area contributed by atoms with Gasteiger partial charge in [-0.15, -0.1) is 0 Å². The number of hydrogen-bond acceptors (Lipinski definition) is 3. The SMILES string of the molecule is CC(C1C=Cc2cccc3cccc1c23)N(CC1CO1)CC1CO1. The summed E-state index contributed by atoms with van der Waals surface area (Å²) < 4.78 is 11.0. The van der Waals surface area contributed by atoms with E-state index in [0.29, 0.717) is 24.2 Å². The molecule has 3 heteroatoms. The summed E-state index contributed by atoms with van der Waals surface area (Å²) in [6.45, 7) is 6.21. The largest absolute Gasteiger partial charge is 0.372 e. The summed E-state index contributed by atoms with van der Waals surface area (Å²) in [5.74, 6) is 0.418. The van der Waals surface area contributed by atoms with Gasteiger partial charge in [0.1, 0.15) is 0 Å². The van der Waals surface area contributed by atoms with Gasteiger partial charge in [-0.25, -0.2) is 0 Å². The van der Waals surface area contributed by atoms with Crippen LogP contribution in [0.2, 0.25) is 0 Å². The van der Waals surface area contributed by atoms with Crippen LogP contribution < -0.4 is 0 Å². The molecule has 24 heavy (non-hydrogen) atoms. The minimum Gasteiger partial charge on any atom is -0.372 e. The Morgan fingerprint density at radius 1 is 1.04 bits per heavy atom. The molecule has 0 bridgehead atoms. The molecule has 2 aromatic carbocycles. The molecule has 2 heterocycles. The molecule has 2 aromatic rings. The monoisotopic (exact) mass is 321 g/mol. The molecule has 0 radical (unpaired) electrons. The van der Waals surface area contributed by atoms with Gasteiger partial charge in [0, 0.05) is 25.0 Å². The van der Waals surface area contributed by atoms with E-state index in [-0.39, 0.29) is 0 Å². The summed E-state index contributed by atoms with van der Waals surface area (Å²) >= 11 is 0. The minimum absolute atomic E-state index is 0.418. The van der Waals surface area contributed by atoms with Gasteiger partial charge in [-0.1, -0.05) is 48.6 Å². The lowest BCUT2D eigenvalue weighted by Crippen LogP contribution is -2.42. The maximum atomic E-state index is 5.49. The molecule has 5 rings (SSSR count). The maximum Gasteiger partial charge on any atom is 0.0936 e. The number of ether oxygens (including phenoxy) is 2. The van der Waals surface area contributed by atoms with Gasteiger partial charge in [0.25, 0.3) is 0 Å². The molecule has 2 aliphatic heterocycles. The second-order valence-corrected chi connectivity index (χ2v) is 7.28. The lowest BCUT2D eigenvalue weighted by atomic mass is 9.82. The van der Waals surface area contributed by atoms with E-state index in [1.54, 1.807) is 0 Å². The quantitative estimate of drug-likeness (QED) is 0.763. The van der Waals surface area contributed by atoms with E-state index < -0.39 is 0 Å². The standard InChI is InChI=1S/C21H23NO2/c1-14(22(10-17-12-23-17)11-18-13-24-18)19-9-8-16-5-2-4-15-6-3-7-20(19)21(15)16/h2-9,14,17-19H,10-13H2,1H3. The lowest BCUT2D eigenvalue weighted by Gasteiger charge is -2.35. The third-order valence-electron chi connectivity index (χ3n) is 5.59. The van der Waals surface area contributed by atoms with Gasteiger partial charge in [0.15, 0.2) is 0 Å². The Kier molecular flexibility index (Phi) is 3.47. The fourth-order valence-corrected chi connectivity index (χ4v) is 4.05. The van der Waals surface area contributed by atoms with Gasteiger partial charge in [0.2, 0.25) is 0 Å². The Hall–Kier alpha value is -1.68.